The van der Waals surface area contributed by atoms with Crippen LogP contribution in [0.2, 0.25) is 0 Å². The Labute approximate surface area is 92.8 Å². The van der Waals surface area contributed by atoms with Crippen LogP contribution in [0.1, 0.15) is 0 Å². The first kappa shape index (κ1) is 10.9. The van der Waals surface area contributed by atoms with Crippen molar-refractivity contribution in [2.24, 2.45) is 5.92 Å². The van der Waals surface area contributed by atoms with Gasteiger partial charge in [0.25, 0.3) is 0 Å². The van der Waals surface area contributed by atoms with Gasteiger partial charge in [0.2, 0.25) is 5.91 Å². The molecule has 1 heterocycles. The smallest absolute Gasteiger partial charge is 0.230 e. The van der Waals surface area contributed by atoms with Crippen LogP contribution in [-0.4, -0.2) is 26.1 Å². The maximum absolute atomic E-state index is 12.9. The molecule has 1 saturated heterocycles. The van der Waals surface area contributed by atoms with Gasteiger partial charge in [-0.05, 0) is 12.1 Å². The highest BCUT2D eigenvalue weighted by Crippen LogP contribution is 2.25. The highest BCUT2D eigenvalue weighted by atomic mass is 19.1. The van der Waals surface area contributed by atoms with Crippen LogP contribution in [0.4, 0.5) is 10.1 Å². The standard InChI is InChI=1S/C11H13FN2O2/c1-16-10-4-8(12)2-3-9(10)14-11(15)7-5-13-6-7/h2-4,7,13H,5-6H2,1H3,(H,14,15). The molecule has 1 amide bonds. The number of benzene rings is 1. The lowest BCUT2D eigenvalue weighted by Crippen LogP contribution is -2.48. The highest BCUT2D eigenvalue weighted by Gasteiger charge is 2.25. The first-order valence-corrected chi connectivity index (χ1v) is 5.06. The third-order valence-corrected chi connectivity index (χ3v) is 2.57. The monoisotopic (exact) mass is 224 g/mol. The fourth-order valence-electron chi connectivity index (χ4n) is 1.48. The zero-order valence-corrected chi connectivity index (χ0v) is 8.92. The average molecular weight is 224 g/mol. The molecule has 1 fully saturated rings. The van der Waals surface area contributed by atoms with Crippen molar-refractivity contribution in [3.8, 4) is 5.75 Å². The zero-order valence-electron chi connectivity index (χ0n) is 8.92. The van der Waals surface area contributed by atoms with Gasteiger partial charge in [-0.1, -0.05) is 0 Å². The Morgan fingerprint density at radius 2 is 2.31 bits per heavy atom. The van der Waals surface area contributed by atoms with Crippen LogP contribution in [0.15, 0.2) is 18.2 Å². The van der Waals surface area contributed by atoms with Crippen LogP contribution < -0.4 is 15.4 Å². The molecule has 1 aliphatic rings. The molecule has 86 valence electrons. The van der Waals surface area contributed by atoms with Crippen molar-refractivity contribution >= 4 is 11.6 Å². The lowest BCUT2D eigenvalue weighted by Gasteiger charge is -2.26. The molecule has 1 aromatic carbocycles. The summed E-state index contributed by atoms with van der Waals surface area (Å²) in [7, 11) is 1.44. The van der Waals surface area contributed by atoms with Crippen molar-refractivity contribution in [2.45, 2.75) is 0 Å². The lowest BCUT2D eigenvalue weighted by atomic mass is 10.0. The summed E-state index contributed by atoms with van der Waals surface area (Å²) in [6.45, 7) is 1.38. The summed E-state index contributed by atoms with van der Waals surface area (Å²) in [6, 6.07) is 4.03. The van der Waals surface area contributed by atoms with Crippen LogP contribution in [0.3, 0.4) is 0 Å². The third kappa shape index (κ3) is 2.14. The van der Waals surface area contributed by atoms with E-state index in [9.17, 15) is 9.18 Å². The second-order valence-electron chi connectivity index (χ2n) is 3.69. The molecule has 2 rings (SSSR count). The van der Waals surface area contributed by atoms with Gasteiger partial charge in [0.05, 0.1) is 18.7 Å². The van der Waals surface area contributed by atoms with Crippen molar-refractivity contribution in [1.29, 1.82) is 0 Å². The summed E-state index contributed by atoms with van der Waals surface area (Å²) in [5.41, 5.74) is 0.501. The Bertz CT molecular complexity index is 405. The van der Waals surface area contributed by atoms with Gasteiger partial charge in [0.15, 0.2) is 0 Å². The molecule has 0 aliphatic carbocycles. The SMILES string of the molecule is COc1cc(F)ccc1NC(=O)C1CNC1. The molecule has 5 heteroatoms. The van der Waals surface area contributed by atoms with E-state index in [4.69, 9.17) is 4.74 Å². The maximum atomic E-state index is 12.9. The van der Waals surface area contributed by atoms with E-state index in [2.05, 4.69) is 10.6 Å². The summed E-state index contributed by atoms with van der Waals surface area (Å²) in [5.74, 6) is -0.126. The maximum Gasteiger partial charge on any atom is 0.230 e. The van der Waals surface area contributed by atoms with E-state index in [-0.39, 0.29) is 17.6 Å². The number of halogens is 1. The van der Waals surface area contributed by atoms with Gasteiger partial charge in [-0.15, -0.1) is 0 Å². The van der Waals surface area contributed by atoms with Crippen molar-refractivity contribution in [3.05, 3.63) is 24.0 Å². The minimum absolute atomic E-state index is 0.00485. The Balaban J connectivity index is 2.10. The molecule has 1 aromatic rings. The summed E-state index contributed by atoms with van der Waals surface area (Å²) in [4.78, 5) is 11.6. The third-order valence-electron chi connectivity index (χ3n) is 2.57. The highest BCUT2D eigenvalue weighted by molar-refractivity contribution is 5.94. The predicted molar refractivity (Wildman–Crippen MR) is 57.9 cm³/mol. The fourth-order valence-corrected chi connectivity index (χ4v) is 1.48. The summed E-state index contributed by atoms with van der Waals surface area (Å²) < 4.78 is 17.9. The second kappa shape index (κ2) is 4.49. The summed E-state index contributed by atoms with van der Waals surface area (Å²) >= 11 is 0. The summed E-state index contributed by atoms with van der Waals surface area (Å²) in [5, 5.41) is 5.73. The Morgan fingerprint density at radius 3 is 2.88 bits per heavy atom. The van der Waals surface area contributed by atoms with Crippen molar-refractivity contribution < 1.29 is 13.9 Å². The minimum Gasteiger partial charge on any atom is -0.494 e. The molecule has 1 aliphatic heterocycles. The Morgan fingerprint density at radius 1 is 1.56 bits per heavy atom. The van der Waals surface area contributed by atoms with E-state index < -0.39 is 0 Å². The van der Waals surface area contributed by atoms with Crippen molar-refractivity contribution in [3.63, 3.8) is 0 Å². The number of methoxy groups -OCH3 is 1. The first-order chi connectivity index (χ1) is 7.70. The Kier molecular flexibility index (Phi) is 3.05. The van der Waals surface area contributed by atoms with Crippen LogP contribution >= 0.6 is 0 Å². The van der Waals surface area contributed by atoms with Crippen LogP contribution in [0.5, 0.6) is 5.75 Å². The van der Waals surface area contributed by atoms with Gasteiger partial charge in [-0.3, -0.25) is 4.79 Å². The topological polar surface area (TPSA) is 50.4 Å². The number of carbonyl (C=O) groups excluding carboxylic acids is 1. The number of amides is 1. The molecule has 4 nitrogen and oxygen atoms in total. The molecule has 0 unspecified atom stereocenters. The van der Waals surface area contributed by atoms with E-state index >= 15 is 0 Å². The Hall–Kier alpha value is -1.62. The second-order valence-corrected chi connectivity index (χ2v) is 3.69. The predicted octanol–water partition coefficient (Wildman–Crippen LogP) is 0.992. The van der Waals surface area contributed by atoms with E-state index in [1.54, 1.807) is 0 Å². The minimum atomic E-state index is -0.389. The number of hydrogen-bond donors (Lipinski definition) is 2. The average Bonchev–Trinajstić information content (AvgIpc) is 2.18. The van der Waals surface area contributed by atoms with Gasteiger partial charge in [0, 0.05) is 19.2 Å². The molecular weight excluding hydrogens is 211 g/mol. The molecular formula is C11H13FN2O2. The zero-order chi connectivity index (χ0) is 11.5. The molecule has 0 spiro atoms. The molecule has 2 N–H and O–H groups in total. The number of anilines is 1. The van der Waals surface area contributed by atoms with Gasteiger partial charge in [-0.2, -0.15) is 0 Å². The van der Waals surface area contributed by atoms with Crippen molar-refractivity contribution in [2.75, 3.05) is 25.5 Å². The van der Waals surface area contributed by atoms with E-state index in [1.807, 2.05) is 0 Å². The molecule has 16 heavy (non-hydrogen) atoms. The first-order valence-electron chi connectivity index (χ1n) is 5.06. The van der Waals surface area contributed by atoms with Gasteiger partial charge < -0.3 is 15.4 Å². The number of hydrogen-bond acceptors (Lipinski definition) is 3. The quantitative estimate of drug-likeness (QED) is 0.805. The number of nitrogens with one attached hydrogen (secondary N) is 2. The van der Waals surface area contributed by atoms with Crippen LogP contribution in [-0.2, 0) is 4.79 Å². The van der Waals surface area contributed by atoms with Gasteiger partial charge in [-0.25, -0.2) is 4.39 Å². The van der Waals surface area contributed by atoms with Gasteiger partial charge in [0.1, 0.15) is 11.6 Å². The number of ether oxygens (including phenoxy) is 1. The van der Waals surface area contributed by atoms with E-state index in [1.165, 1.54) is 25.3 Å². The van der Waals surface area contributed by atoms with E-state index in [0.29, 0.717) is 24.5 Å². The number of rotatable bonds is 3. The van der Waals surface area contributed by atoms with Crippen LogP contribution in [0, 0.1) is 11.7 Å². The normalized spacial score (nSPS) is 15.4. The van der Waals surface area contributed by atoms with Crippen molar-refractivity contribution in [1.82, 2.24) is 5.32 Å². The van der Waals surface area contributed by atoms with Gasteiger partial charge >= 0.3 is 0 Å². The lowest BCUT2D eigenvalue weighted by molar-refractivity contribution is -0.121. The molecule has 0 radical (unpaired) electrons. The largest absolute Gasteiger partial charge is 0.494 e. The fraction of sp³-hybridized carbons (Fsp3) is 0.364. The van der Waals surface area contributed by atoms with E-state index in [0.717, 1.165) is 0 Å². The molecule has 0 atom stereocenters. The molecule has 0 bridgehead atoms. The molecule has 0 aromatic heterocycles. The summed E-state index contributed by atoms with van der Waals surface area (Å²) in [6.07, 6.45) is 0. The van der Waals surface area contributed by atoms with Crippen LogP contribution in [0.25, 0.3) is 0 Å². The molecule has 0 saturated carbocycles. The number of carbonyl (C=O) groups is 1.